The average Bonchev–Trinajstić information content (AvgIpc) is 3.23. The molecule has 1 aliphatic heterocycles. The number of nitrogens with zero attached hydrogens (tertiary/aromatic N) is 1. The second-order valence-corrected chi connectivity index (χ2v) is 10.0. The molecule has 0 bridgehead atoms. The molecule has 1 aliphatic rings. The summed E-state index contributed by atoms with van der Waals surface area (Å²) < 4.78 is 33.4. The molecular weight excluding hydrogens is 456 g/mol. The lowest BCUT2D eigenvalue weighted by molar-refractivity contribution is -0.123. The van der Waals surface area contributed by atoms with Crippen LogP contribution in [0.25, 0.3) is 0 Å². The summed E-state index contributed by atoms with van der Waals surface area (Å²) in [7, 11) is -3.46. The van der Waals surface area contributed by atoms with Crippen LogP contribution >= 0.6 is 15.9 Å². The minimum absolute atomic E-state index is 0.139. The highest BCUT2D eigenvalue weighted by Gasteiger charge is 2.27. The number of carbonyl (C=O) groups is 1. The molecule has 1 atom stereocenters. The number of hydrogen-bond acceptors (Lipinski definition) is 4. The molecule has 29 heavy (non-hydrogen) atoms. The summed E-state index contributed by atoms with van der Waals surface area (Å²) >= 11 is 3.39. The maximum atomic E-state index is 12.7. The lowest BCUT2D eigenvalue weighted by Gasteiger charge is -2.17. The van der Waals surface area contributed by atoms with Crippen molar-refractivity contribution in [2.24, 2.45) is 0 Å². The van der Waals surface area contributed by atoms with Gasteiger partial charge >= 0.3 is 0 Å². The number of nitrogens with one attached hydrogen (secondary N) is 1. The van der Waals surface area contributed by atoms with Crippen molar-refractivity contribution >= 4 is 31.9 Å². The molecule has 2 aromatic rings. The number of hydrogen-bond donors (Lipinski definition) is 1. The fourth-order valence-corrected chi connectivity index (χ4v) is 5.15. The van der Waals surface area contributed by atoms with Gasteiger partial charge in [-0.3, -0.25) is 4.79 Å². The highest BCUT2D eigenvalue weighted by atomic mass is 79.9. The Morgan fingerprint density at radius 3 is 2.45 bits per heavy atom. The standard InChI is InChI=1S/C21H25BrN2O4S/c1-15-13-19(29(26,27)24-11-3-4-12-24)9-10-20(15)28-14-21(25)23-16(2)17-5-7-18(22)8-6-17/h5-10,13,16H,3-4,11-12,14H2,1-2H3,(H,23,25)/t16-/m0/s1. The Morgan fingerprint density at radius 2 is 1.83 bits per heavy atom. The van der Waals surface area contributed by atoms with Crippen molar-refractivity contribution in [3.63, 3.8) is 0 Å². The smallest absolute Gasteiger partial charge is 0.258 e. The first-order chi connectivity index (χ1) is 13.8. The summed E-state index contributed by atoms with van der Waals surface area (Å²) in [5.74, 6) is 0.255. The first-order valence-electron chi connectivity index (χ1n) is 9.56. The Balaban J connectivity index is 1.59. The maximum Gasteiger partial charge on any atom is 0.258 e. The monoisotopic (exact) mass is 480 g/mol. The average molecular weight is 481 g/mol. The van der Waals surface area contributed by atoms with E-state index in [-0.39, 0.29) is 23.5 Å². The molecule has 2 aromatic carbocycles. The molecule has 1 heterocycles. The van der Waals surface area contributed by atoms with E-state index in [4.69, 9.17) is 4.74 Å². The van der Waals surface area contributed by atoms with Gasteiger partial charge in [-0.2, -0.15) is 4.31 Å². The van der Waals surface area contributed by atoms with E-state index in [1.54, 1.807) is 25.1 Å². The Hall–Kier alpha value is -1.90. The molecule has 156 valence electrons. The molecular formula is C21H25BrN2O4S. The highest BCUT2D eigenvalue weighted by Crippen LogP contribution is 2.26. The fraction of sp³-hybridized carbons (Fsp3) is 0.381. The predicted octanol–water partition coefficient (Wildman–Crippen LogP) is 3.80. The minimum Gasteiger partial charge on any atom is -0.484 e. The van der Waals surface area contributed by atoms with E-state index >= 15 is 0 Å². The van der Waals surface area contributed by atoms with Gasteiger partial charge in [0.2, 0.25) is 10.0 Å². The number of amides is 1. The van der Waals surface area contributed by atoms with Crippen LogP contribution in [0.3, 0.4) is 0 Å². The number of aryl methyl sites for hydroxylation is 1. The number of sulfonamides is 1. The van der Waals surface area contributed by atoms with Gasteiger partial charge in [-0.25, -0.2) is 8.42 Å². The summed E-state index contributed by atoms with van der Waals surface area (Å²) in [5, 5.41) is 2.90. The van der Waals surface area contributed by atoms with Gasteiger partial charge in [0, 0.05) is 17.6 Å². The van der Waals surface area contributed by atoms with E-state index < -0.39 is 10.0 Å². The third kappa shape index (κ3) is 5.38. The number of benzene rings is 2. The van der Waals surface area contributed by atoms with E-state index in [9.17, 15) is 13.2 Å². The zero-order valence-electron chi connectivity index (χ0n) is 16.5. The first kappa shape index (κ1) is 21.8. The van der Waals surface area contributed by atoms with Gasteiger partial charge in [-0.15, -0.1) is 0 Å². The van der Waals surface area contributed by atoms with Crippen LogP contribution in [0, 0.1) is 6.92 Å². The lowest BCUT2D eigenvalue weighted by Crippen LogP contribution is -2.31. The maximum absolute atomic E-state index is 12.7. The minimum atomic E-state index is -3.46. The Bertz CT molecular complexity index is 971. The van der Waals surface area contributed by atoms with Crippen molar-refractivity contribution in [3.8, 4) is 5.75 Å². The Kier molecular flexibility index (Phi) is 6.97. The van der Waals surface area contributed by atoms with Crippen LogP contribution in [0.5, 0.6) is 5.75 Å². The van der Waals surface area contributed by atoms with Crippen LogP contribution < -0.4 is 10.1 Å². The quantitative estimate of drug-likeness (QED) is 0.653. The molecule has 0 aliphatic carbocycles. The van der Waals surface area contributed by atoms with Gasteiger partial charge in [0.25, 0.3) is 5.91 Å². The van der Waals surface area contributed by atoms with Crippen molar-refractivity contribution in [1.82, 2.24) is 9.62 Å². The Morgan fingerprint density at radius 1 is 1.17 bits per heavy atom. The number of halogens is 1. The van der Waals surface area contributed by atoms with E-state index in [1.165, 1.54) is 4.31 Å². The summed E-state index contributed by atoms with van der Waals surface area (Å²) in [6, 6.07) is 12.4. The summed E-state index contributed by atoms with van der Waals surface area (Å²) in [4.78, 5) is 12.5. The summed E-state index contributed by atoms with van der Waals surface area (Å²) in [5.41, 5.74) is 1.67. The normalized spacial score (nSPS) is 15.8. The van der Waals surface area contributed by atoms with Gasteiger partial charge < -0.3 is 10.1 Å². The molecule has 8 heteroatoms. The Labute approximate surface area is 180 Å². The van der Waals surface area contributed by atoms with E-state index in [2.05, 4.69) is 21.2 Å². The van der Waals surface area contributed by atoms with Crippen molar-refractivity contribution in [2.75, 3.05) is 19.7 Å². The van der Waals surface area contributed by atoms with E-state index in [0.29, 0.717) is 24.4 Å². The molecule has 0 radical (unpaired) electrons. The van der Waals surface area contributed by atoms with Crippen LogP contribution in [-0.2, 0) is 14.8 Å². The van der Waals surface area contributed by atoms with Gasteiger partial charge in [0.05, 0.1) is 10.9 Å². The SMILES string of the molecule is Cc1cc(S(=O)(=O)N2CCCC2)ccc1OCC(=O)N[C@@H](C)c1ccc(Br)cc1. The second-order valence-electron chi connectivity index (χ2n) is 7.17. The largest absolute Gasteiger partial charge is 0.484 e. The number of carbonyl (C=O) groups excluding carboxylic acids is 1. The van der Waals surface area contributed by atoms with Crippen molar-refractivity contribution < 1.29 is 17.9 Å². The van der Waals surface area contributed by atoms with Crippen molar-refractivity contribution in [3.05, 3.63) is 58.1 Å². The third-order valence-corrected chi connectivity index (χ3v) is 7.38. The fourth-order valence-electron chi connectivity index (χ4n) is 3.28. The zero-order chi connectivity index (χ0) is 21.0. The molecule has 6 nitrogen and oxygen atoms in total. The van der Waals surface area contributed by atoms with E-state index in [1.807, 2.05) is 31.2 Å². The van der Waals surface area contributed by atoms with Crippen molar-refractivity contribution in [2.45, 2.75) is 37.6 Å². The van der Waals surface area contributed by atoms with Crippen LogP contribution in [0.1, 0.15) is 36.9 Å². The highest BCUT2D eigenvalue weighted by molar-refractivity contribution is 9.10. The predicted molar refractivity (Wildman–Crippen MR) is 115 cm³/mol. The molecule has 1 saturated heterocycles. The van der Waals surface area contributed by atoms with Crippen LogP contribution in [-0.4, -0.2) is 38.3 Å². The zero-order valence-corrected chi connectivity index (χ0v) is 18.9. The van der Waals surface area contributed by atoms with E-state index in [0.717, 1.165) is 22.9 Å². The van der Waals surface area contributed by atoms with Crippen molar-refractivity contribution in [1.29, 1.82) is 0 Å². The van der Waals surface area contributed by atoms with Gasteiger partial charge in [-0.05, 0) is 68.1 Å². The molecule has 0 aromatic heterocycles. The van der Waals surface area contributed by atoms with Gasteiger partial charge in [0.15, 0.2) is 6.61 Å². The first-order valence-corrected chi connectivity index (χ1v) is 11.8. The van der Waals surface area contributed by atoms with Gasteiger partial charge in [0.1, 0.15) is 5.75 Å². The lowest BCUT2D eigenvalue weighted by atomic mass is 10.1. The van der Waals surface area contributed by atoms with Crippen LogP contribution in [0.2, 0.25) is 0 Å². The third-order valence-electron chi connectivity index (χ3n) is 4.96. The topological polar surface area (TPSA) is 75.7 Å². The number of rotatable bonds is 7. The summed E-state index contributed by atoms with van der Waals surface area (Å²) in [6.45, 7) is 4.68. The molecule has 1 N–H and O–H groups in total. The molecule has 0 unspecified atom stereocenters. The second kappa shape index (κ2) is 9.28. The molecule has 1 amide bonds. The van der Waals surface area contributed by atoms with Crippen LogP contribution in [0.4, 0.5) is 0 Å². The molecule has 3 rings (SSSR count). The number of ether oxygens (including phenoxy) is 1. The van der Waals surface area contributed by atoms with Crippen LogP contribution in [0.15, 0.2) is 51.8 Å². The summed E-state index contributed by atoms with van der Waals surface area (Å²) in [6.07, 6.45) is 1.79. The van der Waals surface area contributed by atoms with Gasteiger partial charge in [-0.1, -0.05) is 28.1 Å². The molecule has 0 spiro atoms. The molecule has 1 fully saturated rings. The molecule has 0 saturated carbocycles.